The van der Waals surface area contributed by atoms with E-state index in [4.69, 9.17) is 14.6 Å². The van der Waals surface area contributed by atoms with Crippen molar-refractivity contribution in [3.8, 4) is 0 Å². The van der Waals surface area contributed by atoms with Gasteiger partial charge in [0.25, 0.3) is 5.91 Å². The first kappa shape index (κ1) is 25.0. The molecule has 4 rings (SSSR count). The lowest BCUT2D eigenvalue weighted by atomic mass is 9.89. The molecule has 0 aliphatic carbocycles. The first-order valence-corrected chi connectivity index (χ1v) is 10.3. The van der Waals surface area contributed by atoms with Crippen molar-refractivity contribution in [1.29, 1.82) is 0 Å². The maximum absolute atomic E-state index is 12.6. The number of likely N-dealkylation sites (tertiary alicyclic amines) is 1. The third kappa shape index (κ3) is 6.47. The summed E-state index contributed by atoms with van der Waals surface area (Å²) in [5, 5.41) is 14.6. The summed E-state index contributed by atoms with van der Waals surface area (Å²) in [5.41, 5.74) is 1.01. The molecule has 2 aliphatic rings. The van der Waals surface area contributed by atoms with E-state index in [-0.39, 0.29) is 18.4 Å². The number of alkyl halides is 3. The van der Waals surface area contributed by atoms with Crippen molar-refractivity contribution in [3.63, 3.8) is 0 Å². The molecule has 0 aromatic carbocycles. The molecule has 2 aromatic rings. The predicted octanol–water partition coefficient (Wildman–Crippen LogP) is 1.54. The Kier molecular flexibility index (Phi) is 7.76. The standard InChI is InChI=1S/C19H21N5O3.C2HF3O2/c25-17-13-27-19(14-24(17)12-16-3-1-2-7-20-16)5-9-23(10-6-19)18(26)15-4-8-21-22-11-15;3-2(4,5)1(6)7/h1-4,7-8,11H,5-6,9-10,12-14H2;(H,6,7). The minimum Gasteiger partial charge on any atom is -0.475 e. The minimum atomic E-state index is -5.08. The second-order valence-corrected chi connectivity index (χ2v) is 7.77. The smallest absolute Gasteiger partial charge is 0.475 e. The summed E-state index contributed by atoms with van der Waals surface area (Å²) < 4.78 is 37.7. The highest BCUT2D eigenvalue weighted by Crippen LogP contribution is 2.31. The van der Waals surface area contributed by atoms with E-state index in [0.29, 0.717) is 44.6 Å². The molecule has 34 heavy (non-hydrogen) atoms. The maximum atomic E-state index is 12.6. The van der Waals surface area contributed by atoms with Crippen LogP contribution in [0, 0.1) is 0 Å². The third-order valence-electron chi connectivity index (χ3n) is 5.45. The molecule has 2 saturated heterocycles. The first-order chi connectivity index (χ1) is 16.1. The lowest BCUT2D eigenvalue weighted by molar-refractivity contribution is -0.192. The number of nitrogens with zero attached hydrogens (tertiary/aromatic N) is 5. The van der Waals surface area contributed by atoms with Crippen molar-refractivity contribution in [1.82, 2.24) is 25.0 Å². The van der Waals surface area contributed by atoms with Crippen LogP contribution in [-0.2, 0) is 20.9 Å². The Morgan fingerprint density at radius 2 is 1.82 bits per heavy atom. The number of aromatic nitrogens is 3. The van der Waals surface area contributed by atoms with Gasteiger partial charge in [-0.25, -0.2) is 4.79 Å². The number of carboxylic acid groups (broad SMARTS) is 1. The zero-order valence-electron chi connectivity index (χ0n) is 17.9. The number of hydrogen-bond donors (Lipinski definition) is 1. The van der Waals surface area contributed by atoms with Crippen LogP contribution in [0.15, 0.2) is 42.9 Å². The van der Waals surface area contributed by atoms with Gasteiger partial charge in [-0.05, 0) is 31.0 Å². The fourth-order valence-corrected chi connectivity index (χ4v) is 3.64. The molecule has 0 bridgehead atoms. The van der Waals surface area contributed by atoms with Gasteiger partial charge in [0.2, 0.25) is 5.91 Å². The largest absolute Gasteiger partial charge is 0.490 e. The minimum absolute atomic E-state index is 0.0207. The molecule has 0 atom stereocenters. The van der Waals surface area contributed by atoms with Crippen LogP contribution >= 0.6 is 0 Å². The van der Waals surface area contributed by atoms with Crippen LogP contribution in [0.3, 0.4) is 0 Å². The summed E-state index contributed by atoms with van der Waals surface area (Å²) in [7, 11) is 0. The van der Waals surface area contributed by atoms with Crippen LogP contribution in [0.2, 0.25) is 0 Å². The second-order valence-electron chi connectivity index (χ2n) is 7.77. The molecule has 0 saturated carbocycles. The molecular weight excluding hydrogens is 459 g/mol. The van der Waals surface area contributed by atoms with E-state index >= 15 is 0 Å². The van der Waals surface area contributed by atoms with Gasteiger partial charge in [0.15, 0.2) is 0 Å². The van der Waals surface area contributed by atoms with Crippen molar-refractivity contribution >= 4 is 17.8 Å². The van der Waals surface area contributed by atoms with Gasteiger partial charge in [-0.1, -0.05) is 6.07 Å². The zero-order valence-corrected chi connectivity index (χ0v) is 17.9. The predicted molar refractivity (Wildman–Crippen MR) is 109 cm³/mol. The van der Waals surface area contributed by atoms with Crippen LogP contribution in [0.4, 0.5) is 13.2 Å². The summed E-state index contributed by atoms with van der Waals surface area (Å²) >= 11 is 0. The molecular formula is C21H22F3N5O5. The van der Waals surface area contributed by atoms with Gasteiger partial charge in [0, 0.05) is 19.3 Å². The first-order valence-electron chi connectivity index (χ1n) is 10.3. The van der Waals surface area contributed by atoms with E-state index in [1.54, 1.807) is 12.3 Å². The molecule has 0 unspecified atom stereocenters. The number of aliphatic carboxylic acids is 1. The van der Waals surface area contributed by atoms with Crippen LogP contribution in [-0.4, -0.2) is 85.9 Å². The average Bonchev–Trinajstić information content (AvgIpc) is 2.83. The van der Waals surface area contributed by atoms with E-state index in [1.807, 2.05) is 28.0 Å². The number of morpholine rings is 1. The summed E-state index contributed by atoms with van der Waals surface area (Å²) in [6.45, 7) is 2.27. The van der Waals surface area contributed by atoms with E-state index < -0.39 is 17.7 Å². The van der Waals surface area contributed by atoms with Crippen molar-refractivity contribution in [3.05, 3.63) is 54.1 Å². The number of carboxylic acids is 1. The molecule has 1 spiro atoms. The number of carbonyl (C=O) groups is 3. The fraction of sp³-hybridized carbons (Fsp3) is 0.429. The molecule has 10 nitrogen and oxygen atoms in total. The Bertz CT molecular complexity index is 999. The summed E-state index contributed by atoms with van der Waals surface area (Å²) in [6.07, 6.45) is 1.04. The van der Waals surface area contributed by atoms with E-state index in [1.165, 1.54) is 12.4 Å². The van der Waals surface area contributed by atoms with Gasteiger partial charge in [-0.3, -0.25) is 14.6 Å². The quantitative estimate of drug-likeness (QED) is 0.700. The van der Waals surface area contributed by atoms with Crippen LogP contribution < -0.4 is 0 Å². The molecule has 4 heterocycles. The highest BCUT2D eigenvalue weighted by molar-refractivity contribution is 5.93. The van der Waals surface area contributed by atoms with Gasteiger partial charge in [-0.2, -0.15) is 23.4 Å². The topological polar surface area (TPSA) is 126 Å². The van der Waals surface area contributed by atoms with Crippen LogP contribution in [0.1, 0.15) is 28.9 Å². The van der Waals surface area contributed by atoms with Crippen molar-refractivity contribution in [2.24, 2.45) is 0 Å². The van der Waals surface area contributed by atoms with Crippen molar-refractivity contribution in [2.75, 3.05) is 26.2 Å². The number of hydrogen-bond acceptors (Lipinski definition) is 7. The van der Waals surface area contributed by atoms with Gasteiger partial charge in [0.1, 0.15) is 6.61 Å². The highest BCUT2D eigenvalue weighted by atomic mass is 19.4. The maximum Gasteiger partial charge on any atom is 0.490 e. The molecule has 2 aliphatic heterocycles. The van der Waals surface area contributed by atoms with Gasteiger partial charge in [-0.15, -0.1) is 0 Å². The molecule has 13 heteroatoms. The molecule has 2 fully saturated rings. The fourth-order valence-electron chi connectivity index (χ4n) is 3.64. The Morgan fingerprint density at radius 3 is 2.38 bits per heavy atom. The Labute approximate surface area is 192 Å². The number of rotatable bonds is 3. The molecule has 182 valence electrons. The van der Waals surface area contributed by atoms with Crippen LogP contribution in [0.5, 0.6) is 0 Å². The molecule has 0 radical (unpaired) electrons. The monoisotopic (exact) mass is 481 g/mol. The second kappa shape index (κ2) is 10.5. The Hall–Kier alpha value is -3.61. The van der Waals surface area contributed by atoms with E-state index in [2.05, 4.69) is 15.2 Å². The number of halogens is 3. The number of amides is 2. The third-order valence-corrected chi connectivity index (χ3v) is 5.45. The molecule has 1 N–H and O–H groups in total. The number of ether oxygens (including phenoxy) is 1. The van der Waals surface area contributed by atoms with E-state index in [9.17, 15) is 22.8 Å². The summed E-state index contributed by atoms with van der Waals surface area (Å²) in [4.78, 5) is 41.7. The van der Waals surface area contributed by atoms with Crippen LogP contribution in [0.25, 0.3) is 0 Å². The summed E-state index contributed by atoms with van der Waals surface area (Å²) in [5.74, 6) is -2.82. The lowest BCUT2D eigenvalue weighted by Gasteiger charge is -2.46. The summed E-state index contributed by atoms with van der Waals surface area (Å²) in [6, 6.07) is 7.36. The molecule has 2 amide bonds. The van der Waals surface area contributed by atoms with E-state index in [0.717, 1.165) is 5.69 Å². The number of carbonyl (C=O) groups excluding carboxylic acids is 2. The van der Waals surface area contributed by atoms with Crippen molar-refractivity contribution < 1.29 is 37.4 Å². The zero-order chi connectivity index (χ0) is 24.8. The van der Waals surface area contributed by atoms with Gasteiger partial charge < -0.3 is 19.6 Å². The average molecular weight is 481 g/mol. The number of pyridine rings is 1. The highest BCUT2D eigenvalue weighted by Gasteiger charge is 2.43. The normalized spacial score (nSPS) is 17.7. The SMILES string of the molecule is O=C(O)C(F)(F)F.O=C1COC2(CCN(C(=O)c3ccnnc3)CC2)CN1Cc1ccccn1. The Morgan fingerprint density at radius 1 is 1.12 bits per heavy atom. The van der Waals surface area contributed by atoms with Gasteiger partial charge in [0.05, 0.1) is 42.3 Å². The number of piperidine rings is 1. The Balaban J connectivity index is 0.000000406. The molecule has 2 aromatic heterocycles. The lowest BCUT2D eigenvalue weighted by Crippen LogP contribution is -2.59. The van der Waals surface area contributed by atoms with Gasteiger partial charge >= 0.3 is 12.1 Å². The van der Waals surface area contributed by atoms with Crippen molar-refractivity contribution in [2.45, 2.75) is 31.2 Å².